The van der Waals surface area contributed by atoms with E-state index in [0.717, 1.165) is 70.6 Å². The largest absolute Gasteiger partial charge is 0.463 e. The smallest absolute Gasteiger partial charge is 0.305 e. The summed E-state index contributed by atoms with van der Waals surface area (Å²) in [4.78, 5) is 24.0. The second-order valence-corrected chi connectivity index (χ2v) is 13.9. The fourth-order valence-electron chi connectivity index (χ4n) is 5.86. The van der Waals surface area contributed by atoms with Crippen molar-refractivity contribution in [2.24, 2.45) is 0 Å². The zero-order valence-corrected chi connectivity index (χ0v) is 32.1. The lowest BCUT2D eigenvalue weighted by Gasteiger charge is -2.12. The minimum atomic E-state index is -0.994. The highest BCUT2D eigenvalue weighted by Gasteiger charge is 2.12. The first kappa shape index (κ1) is 47.1. The molecule has 6 nitrogen and oxygen atoms in total. The molecule has 0 spiro atoms. The number of ether oxygens (including phenoxy) is 2. The summed E-state index contributed by atoms with van der Waals surface area (Å²) in [5.74, 6) is -0.633. The van der Waals surface area contributed by atoms with Crippen LogP contribution in [0.5, 0.6) is 0 Å². The van der Waals surface area contributed by atoms with Crippen LogP contribution in [0.25, 0.3) is 0 Å². The van der Waals surface area contributed by atoms with E-state index in [1.165, 1.54) is 103 Å². The molecule has 0 amide bonds. The molecular formula is C43H78O6. The van der Waals surface area contributed by atoms with Crippen LogP contribution in [-0.4, -0.2) is 47.6 Å². The molecular weight excluding hydrogens is 612 g/mol. The van der Waals surface area contributed by atoms with Gasteiger partial charge in [-0.3, -0.25) is 9.59 Å². The number of carbonyl (C=O) groups excluding carboxylic acids is 2. The van der Waals surface area contributed by atoms with Gasteiger partial charge < -0.3 is 19.7 Å². The predicted octanol–water partition coefficient (Wildman–Crippen LogP) is 11.8. The van der Waals surface area contributed by atoms with Gasteiger partial charge in [0.1, 0.15) is 19.3 Å². The van der Waals surface area contributed by atoms with Gasteiger partial charge in [0.25, 0.3) is 0 Å². The SMILES string of the molecule is CC/C=C/C/C=C/C=C/C(O)CCCCCCCC(=O)OC[C@@H](O)COC(=O)CCCCCCCCCCCCCCCCCCCCC. The van der Waals surface area contributed by atoms with Crippen molar-refractivity contribution in [2.45, 2.75) is 212 Å². The van der Waals surface area contributed by atoms with Crippen LogP contribution in [0.3, 0.4) is 0 Å². The Labute approximate surface area is 302 Å². The molecule has 2 N–H and O–H groups in total. The second kappa shape index (κ2) is 38.9. The van der Waals surface area contributed by atoms with Crippen molar-refractivity contribution >= 4 is 11.9 Å². The Morgan fingerprint density at radius 2 is 0.918 bits per heavy atom. The van der Waals surface area contributed by atoms with Gasteiger partial charge in [-0.25, -0.2) is 0 Å². The number of aliphatic hydroxyl groups is 2. The number of allylic oxidation sites excluding steroid dienone is 5. The van der Waals surface area contributed by atoms with E-state index in [4.69, 9.17) is 9.47 Å². The zero-order chi connectivity index (χ0) is 35.9. The quantitative estimate of drug-likeness (QED) is 0.0292. The number of esters is 2. The van der Waals surface area contributed by atoms with Gasteiger partial charge in [0.05, 0.1) is 6.10 Å². The van der Waals surface area contributed by atoms with Crippen LogP contribution in [0.2, 0.25) is 0 Å². The molecule has 0 rings (SSSR count). The van der Waals surface area contributed by atoms with Gasteiger partial charge >= 0.3 is 11.9 Å². The molecule has 0 bridgehead atoms. The molecule has 0 heterocycles. The van der Waals surface area contributed by atoms with E-state index in [1.54, 1.807) is 0 Å². The second-order valence-electron chi connectivity index (χ2n) is 13.9. The first-order valence-electron chi connectivity index (χ1n) is 20.6. The summed E-state index contributed by atoms with van der Waals surface area (Å²) < 4.78 is 10.3. The standard InChI is InChI=1S/C43H78O6/c1-3-5-7-9-11-12-13-14-15-16-17-18-19-20-21-22-24-28-32-36-42(46)48-38-41(45)39-49-43(47)37-33-29-25-27-31-35-40(44)34-30-26-23-10-8-6-4-2/h6,8,23,26,30,34,40-41,44-45H,3-5,7,9-22,24-25,27-29,31-33,35-39H2,1-2H3/b8-6+,26-23+,34-30+/t40?,41-/m0/s1. The number of hydrogen-bond donors (Lipinski definition) is 2. The Bertz CT molecular complexity index is 804. The molecule has 0 aliphatic heterocycles. The third-order valence-corrected chi connectivity index (χ3v) is 8.99. The first-order chi connectivity index (χ1) is 24.0. The Balaban J connectivity index is 3.47. The minimum absolute atomic E-state index is 0.140. The van der Waals surface area contributed by atoms with Gasteiger partial charge in [-0.15, -0.1) is 0 Å². The molecule has 0 aromatic rings. The molecule has 6 heteroatoms. The molecule has 0 aliphatic carbocycles. The average molecular weight is 691 g/mol. The highest BCUT2D eigenvalue weighted by molar-refractivity contribution is 5.69. The minimum Gasteiger partial charge on any atom is -0.463 e. The monoisotopic (exact) mass is 691 g/mol. The Morgan fingerprint density at radius 1 is 0.510 bits per heavy atom. The van der Waals surface area contributed by atoms with Crippen LogP contribution >= 0.6 is 0 Å². The lowest BCUT2D eigenvalue weighted by atomic mass is 10.0. The Hall–Kier alpha value is -1.92. The lowest BCUT2D eigenvalue weighted by molar-refractivity contribution is -0.152. The summed E-state index contributed by atoms with van der Waals surface area (Å²) in [5, 5.41) is 20.1. The molecule has 2 atom stereocenters. The highest BCUT2D eigenvalue weighted by atomic mass is 16.6. The van der Waals surface area contributed by atoms with Crippen molar-refractivity contribution in [3.05, 3.63) is 36.5 Å². The highest BCUT2D eigenvalue weighted by Crippen LogP contribution is 2.15. The Kier molecular flexibility index (Phi) is 37.4. The van der Waals surface area contributed by atoms with Crippen LogP contribution in [-0.2, 0) is 19.1 Å². The molecule has 1 unspecified atom stereocenters. The predicted molar refractivity (Wildman–Crippen MR) is 207 cm³/mol. The Morgan fingerprint density at radius 3 is 1.35 bits per heavy atom. The van der Waals surface area contributed by atoms with Gasteiger partial charge in [0, 0.05) is 12.8 Å². The van der Waals surface area contributed by atoms with E-state index in [1.807, 2.05) is 18.2 Å². The van der Waals surface area contributed by atoms with E-state index < -0.39 is 12.2 Å². The first-order valence-corrected chi connectivity index (χ1v) is 20.6. The van der Waals surface area contributed by atoms with Crippen molar-refractivity contribution < 1.29 is 29.3 Å². The van der Waals surface area contributed by atoms with Gasteiger partial charge in [-0.1, -0.05) is 192 Å². The molecule has 286 valence electrons. The van der Waals surface area contributed by atoms with E-state index in [2.05, 4.69) is 32.1 Å². The summed E-state index contributed by atoms with van der Waals surface area (Å²) in [6.07, 6.45) is 43.7. The zero-order valence-electron chi connectivity index (χ0n) is 32.1. The van der Waals surface area contributed by atoms with E-state index in [9.17, 15) is 19.8 Å². The molecule has 0 aromatic carbocycles. The van der Waals surface area contributed by atoms with Crippen LogP contribution in [0.4, 0.5) is 0 Å². The number of hydrogen-bond acceptors (Lipinski definition) is 6. The number of carbonyl (C=O) groups is 2. The summed E-state index contributed by atoms with van der Waals surface area (Å²) >= 11 is 0. The van der Waals surface area contributed by atoms with Crippen molar-refractivity contribution in [3.63, 3.8) is 0 Å². The van der Waals surface area contributed by atoms with Crippen molar-refractivity contribution in [2.75, 3.05) is 13.2 Å². The van der Waals surface area contributed by atoms with E-state index >= 15 is 0 Å². The third kappa shape index (κ3) is 38.7. The molecule has 49 heavy (non-hydrogen) atoms. The fraction of sp³-hybridized carbons (Fsp3) is 0.814. The fourth-order valence-corrected chi connectivity index (χ4v) is 5.86. The van der Waals surface area contributed by atoms with Crippen LogP contribution in [0, 0.1) is 0 Å². The normalized spacial score (nSPS) is 13.1. The van der Waals surface area contributed by atoms with Gasteiger partial charge in [0.2, 0.25) is 0 Å². The maximum absolute atomic E-state index is 12.0. The maximum Gasteiger partial charge on any atom is 0.305 e. The topological polar surface area (TPSA) is 93.1 Å². The summed E-state index contributed by atoms with van der Waals surface area (Å²) in [7, 11) is 0. The van der Waals surface area contributed by atoms with E-state index in [-0.39, 0.29) is 25.2 Å². The molecule has 0 aromatic heterocycles. The molecule has 0 radical (unpaired) electrons. The van der Waals surface area contributed by atoms with Crippen molar-refractivity contribution in [1.29, 1.82) is 0 Å². The van der Waals surface area contributed by atoms with Crippen LogP contribution in [0.15, 0.2) is 36.5 Å². The molecule has 0 fully saturated rings. The summed E-state index contributed by atoms with van der Waals surface area (Å²) in [5.41, 5.74) is 0. The molecule has 0 aliphatic rings. The van der Waals surface area contributed by atoms with Gasteiger partial charge in [-0.2, -0.15) is 0 Å². The number of rotatable bonds is 37. The molecule has 0 saturated carbocycles. The average Bonchev–Trinajstić information content (AvgIpc) is 3.10. The van der Waals surface area contributed by atoms with Gasteiger partial charge in [0.15, 0.2) is 0 Å². The van der Waals surface area contributed by atoms with Crippen LogP contribution in [0.1, 0.15) is 200 Å². The van der Waals surface area contributed by atoms with Crippen LogP contribution < -0.4 is 0 Å². The van der Waals surface area contributed by atoms with Crippen molar-refractivity contribution in [3.8, 4) is 0 Å². The number of aliphatic hydroxyl groups excluding tert-OH is 2. The van der Waals surface area contributed by atoms with E-state index in [0.29, 0.717) is 12.8 Å². The van der Waals surface area contributed by atoms with Gasteiger partial charge in [-0.05, 0) is 32.1 Å². The third-order valence-electron chi connectivity index (χ3n) is 8.99. The summed E-state index contributed by atoms with van der Waals surface area (Å²) in [6.45, 7) is 4.10. The molecule has 0 saturated heterocycles. The number of unbranched alkanes of at least 4 members (excludes halogenated alkanes) is 22. The summed E-state index contributed by atoms with van der Waals surface area (Å²) in [6, 6.07) is 0. The van der Waals surface area contributed by atoms with Crippen molar-refractivity contribution in [1.82, 2.24) is 0 Å². The lowest BCUT2D eigenvalue weighted by Crippen LogP contribution is -2.25. The maximum atomic E-state index is 12.0.